The second-order valence-corrected chi connectivity index (χ2v) is 6.08. The molecule has 0 aliphatic carbocycles. The molecular formula is C9H20N2O3S. The lowest BCUT2D eigenvalue weighted by molar-refractivity contribution is 0.114. The second-order valence-electron chi connectivity index (χ2n) is 3.90. The number of hydrogen-bond acceptors (Lipinski definition) is 4. The zero-order valence-corrected chi connectivity index (χ0v) is 10.1. The molecule has 0 aromatic heterocycles. The molecule has 1 saturated heterocycles. The number of hydrogen-bond donors (Lipinski definition) is 2. The first-order valence-electron chi connectivity index (χ1n) is 5.31. The first-order chi connectivity index (χ1) is 7.06. The van der Waals surface area contributed by atoms with Gasteiger partial charge < -0.3 is 10.1 Å². The van der Waals surface area contributed by atoms with Gasteiger partial charge in [0, 0.05) is 19.7 Å². The van der Waals surface area contributed by atoms with Gasteiger partial charge in [0.25, 0.3) is 0 Å². The summed E-state index contributed by atoms with van der Waals surface area (Å²) in [5.41, 5.74) is 0. The molecule has 2 N–H and O–H groups in total. The van der Waals surface area contributed by atoms with Gasteiger partial charge in [-0.2, -0.15) is 0 Å². The van der Waals surface area contributed by atoms with Crippen LogP contribution in [0.2, 0.25) is 0 Å². The standard InChI is InChI=1S/C9H20N2O3S/c1-8(6-10-2)15(12,13)11-7-9-4-3-5-14-9/h8-11H,3-7H2,1-2H3. The van der Waals surface area contributed by atoms with Crippen molar-refractivity contribution >= 4 is 10.0 Å². The molecule has 0 spiro atoms. The number of rotatable bonds is 6. The third-order valence-corrected chi connectivity index (χ3v) is 4.35. The monoisotopic (exact) mass is 236 g/mol. The maximum absolute atomic E-state index is 11.7. The highest BCUT2D eigenvalue weighted by atomic mass is 32.2. The molecule has 1 rings (SSSR count). The van der Waals surface area contributed by atoms with Gasteiger partial charge >= 0.3 is 0 Å². The average molecular weight is 236 g/mol. The van der Waals surface area contributed by atoms with Gasteiger partial charge in [-0.3, -0.25) is 0 Å². The van der Waals surface area contributed by atoms with Crippen molar-refractivity contribution in [1.29, 1.82) is 0 Å². The van der Waals surface area contributed by atoms with E-state index < -0.39 is 15.3 Å². The number of nitrogens with one attached hydrogen (secondary N) is 2. The van der Waals surface area contributed by atoms with Crippen molar-refractivity contribution in [3.8, 4) is 0 Å². The Bertz CT molecular complexity index is 273. The van der Waals surface area contributed by atoms with Gasteiger partial charge in [-0.05, 0) is 26.8 Å². The third-order valence-electron chi connectivity index (χ3n) is 2.56. The van der Waals surface area contributed by atoms with E-state index >= 15 is 0 Å². The van der Waals surface area contributed by atoms with E-state index in [1.807, 2.05) is 0 Å². The smallest absolute Gasteiger partial charge is 0.215 e. The van der Waals surface area contributed by atoms with Gasteiger partial charge in [0.15, 0.2) is 0 Å². The molecule has 6 heteroatoms. The summed E-state index contributed by atoms with van der Waals surface area (Å²) < 4.78 is 31.3. The van der Waals surface area contributed by atoms with Crippen LogP contribution in [0.5, 0.6) is 0 Å². The van der Waals surface area contributed by atoms with Crippen LogP contribution in [-0.2, 0) is 14.8 Å². The SMILES string of the molecule is CNCC(C)S(=O)(=O)NCC1CCCO1. The molecule has 1 fully saturated rings. The summed E-state index contributed by atoms with van der Waals surface area (Å²) in [6.07, 6.45) is 2.03. The minimum atomic E-state index is -3.20. The molecule has 2 unspecified atom stereocenters. The molecule has 0 radical (unpaired) electrons. The molecule has 0 bridgehead atoms. The molecule has 15 heavy (non-hydrogen) atoms. The molecule has 5 nitrogen and oxygen atoms in total. The van der Waals surface area contributed by atoms with Crippen molar-refractivity contribution in [1.82, 2.24) is 10.0 Å². The van der Waals surface area contributed by atoms with Gasteiger partial charge in [0.2, 0.25) is 10.0 Å². The van der Waals surface area contributed by atoms with Gasteiger partial charge in [-0.1, -0.05) is 0 Å². The van der Waals surface area contributed by atoms with Crippen LogP contribution in [0.15, 0.2) is 0 Å². The predicted octanol–water partition coefficient (Wildman–Crippen LogP) is -0.307. The molecule has 2 atom stereocenters. The normalized spacial score (nSPS) is 24.3. The Hall–Kier alpha value is -0.170. The summed E-state index contributed by atoms with van der Waals surface area (Å²) in [6, 6.07) is 0. The lowest BCUT2D eigenvalue weighted by atomic mass is 10.2. The van der Waals surface area contributed by atoms with E-state index in [4.69, 9.17) is 4.74 Å². The fraction of sp³-hybridized carbons (Fsp3) is 1.00. The minimum absolute atomic E-state index is 0.0570. The lowest BCUT2D eigenvalue weighted by Gasteiger charge is -2.15. The summed E-state index contributed by atoms with van der Waals surface area (Å²) in [5, 5.41) is 2.44. The van der Waals surface area contributed by atoms with Crippen LogP contribution in [0.1, 0.15) is 19.8 Å². The van der Waals surface area contributed by atoms with Crippen LogP contribution in [0.3, 0.4) is 0 Å². The van der Waals surface area contributed by atoms with Crippen LogP contribution >= 0.6 is 0 Å². The Morgan fingerprint density at radius 3 is 2.80 bits per heavy atom. The quantitative estimate of drug-likeness (QED) is 0.664. The summed E-state index contributed by atoms with van der Waals surface area (Å²) >= 11 is 0. The van der Waals surface area contributed by atoms with Crippen LogP contribution in [0, 0.1) is 0 Å². The highest BCUT2D eigenvalue weighted by molar-refractivity contribution is 7.90. The van der Waals surface area contributed by atoms with E-state index in [0.29, 0.717) is 13.1 Å². The Balaban J connectivity index is 2.34. The first kappa shape index (κ1) is 12.9. The second kappa shape index (κ2) is 5.79. The summed E-state index contributed by atoms with van der Waals surface area (Å²) in [5.74, 6) is 0. The Morgan fingerprint density at radius 1 is 1.53 bits per heavy atom. The van der Waals surface area contributed by atoms with E-state index in [-0.39, 0.29) is 6.10 Å². The van der Waals surface area contributed by atoms with Crippen molar-refractivity contribution < 1.29 is 13.2 Å². The minimum Gasteiger partial charge on any atom is -0.377 e. The first-order valence-corrected chi connectivity index (χ1v) is 6.85. The van der Waals surface area contributed by atoms with E-state index in [0.717, 1.165) is 19.4 Å². The zero-order chi connectivity index (χ0) is 11.3. The Kier molecular flexibility index (Phi) is 4.98. The Morgan fingerprint density at radius 2 is 2.27 bits per heavy atom. The van der Waals surface area contributed by atoms with Crippen molar-refractivity contribution in [2.75, 3.05) is 26.7 Å². The molecule has 0 aromatic rings. The molecule has 0 aromatic carbocycles. The predicted molar refractivity (Wildman–Crippen MR) is 59.3 cm³/mol. The number of ether oxygens (including phenoxy) is 1. The van der Waals surface area contributed by atoms with Crippen LogP contribution in [0.25, 0.3) is 0 Å². The van der Waals surface area contributed by atoms with Crippen LogP contribution in [-0.4, -0.2) is 46.5 Å². The average Bonchev–Trinajstić information content (AvgIpc) is 2.68. The van der Waals surface area contributed by atoms with E-state index in [2.05, 4.69) is 10.0 Å². The molecule has 90 valence electrons. The summed E-state index contributed by atoms with van der Waals surface area (Å²) in [7, 11) is -1.46. The Labute approximate surface area is 91.6 Å². The molecule has 1 heterocycles. The molecule has 0 saturated carbocycles. The van der Waals surface area contributed by atoms with E-state index in [1.165, 1.54) is 0 Å². The maximum Gasteiger partial charge on any atom is 0.215 e. The van der Waals surface area contributed by atoms with Crippen molar-refractivity contribution in [2.24, 2.45) is 0 Å². The van der Waals surface area contributed by atoms with Crippen molar-refractivity contribution in [3.05, 3.63) is 0 Å². The largest absolute Gasteiger partial charge is 0.377 e. The van der Waals surface area contributed by atoms with Gasteiger partial charge in [-0.25, -0.2) is 13.1 Å². The molecule has 1 aliphatic rings. The van der Waals surface area contributed by atoms with Crippen molar-refractivity contribution in [3.63, 3.8) is 0 Å². The number of sulfonamides is 1. The van der Waals surface area contributed by atoms with Gasteiger partial charge in [0.1, 0.15) is 0 Å². The van der Waals surface area contributed by atoms with Gasteiger partial charge in [0.05, 0.1) is 11.4 Å². The van der Waals surface area contributed by atoms with E-state index in [9.17, 15) is 8.42 Å². The highest BCUT2D eigenvalue weighted by Gasteiger charge is 2.22. The van der Waals surface area contributed by atoms with Gasteiger partial charge in [-0.15, -0.1) is 0 Å². The van der Waals surface area contributed by atoms with E-state index in [1.54, 1.807) is 14.0 Å². The molecular weight excluding hydrogens is 216 g/mol. The molecule has 1 aliphatic heterocycles. The lowest BCUT2D eigenvalue weighted by Crippen LogP contribution is -2.41. The topological polar surface area (TPSA) is 67.4 Å². The fourth-order valence-corrected chi connectivity index (χ4v) is 2.64. The highest BCUT2D eigenvalue weighted by Crippen LogP contribution is 2.11. The molecule has 0 amide bonds. The van der Waals surface area contributed by atoms with Crippen LogP contribution in [0.4, 0.5) is 0 Å². The van der Waals surface area contributed by atoms with Crippen LogP contribution < -0.4 is 10.0 Å². The fourth-order valence-electron chi connectivity index (χ4n) is 1.55. The summed E-state index contributed by atoms with van der Waals surface area (Å²) in [4.78, 5) is 0. The van der Waals surface area contributed by atoms with Crippen molar-refractivity contribution in [2.45, 2.75) is 31.1 Å². The zero-order valence-electron chi connectivity index (χ0n) is 9.32. The maximum atomic E-state index is 11.7. The summed E-state index contributed by atoms with van der Waals surface area (Å²) in [6.45, 7) is 3.30. The third kappa shape index (κ3) is 4.06.